The third-order valence-electron chi connectivity index (χ3n) is 3.78. The van der Waals surface area contributed by atoms with Crippen LogP contribution in [0.2, 0.25) is 0 Å². The molecule has 0 saturated carbocycles. The van der Waals surface area contributed by atoms with Gasteiger partial charge in [0.25, 0.3) is 0 Å². The van der Waals surface area contributed by atoms with Crippen molar-refractivity contribution >= 4 is 6.03 Å². The van der Waals surface area contributed by atoms with Gasteiger partial charge in [-0.2, -0.15) is 0 Å². The highest BCUT2D eigenvalue weighted by Crippen LogP contribution is 2.29. The highest BCUT2D eigenvalue weighted by molar-refractivity contribution is 5.74. The minimum absolute atomic E-state index is 0.00916. The van der Waals surface area contributed by atoms with Crippen LogP contribution in [0.3, 0.4) is 0 Å². The topological polar surface area (TPSA) is 61.0 Å². The van der Waals surface area contributed by atoms with E-state index in [1.54, 1.807) is 18.1 Å². The Hall–Kier alpha value is -1.52. The molecule has 0 unspecified atom stereocenters. The summed E-state index contributed by atoms with van der Waals surface area (Å²) in [5, 5.41) is 3.07. The number of carbonyl (C=O) groups is 1. The zero-order valence-corrected chi connectivity index (χ0v) is 13.1. The summed E-state index contributed by atoms with van der Waals surface area (Å²) in [4.78, 5) is 21.1. The minimum atomic E-state index is -0.280. The summed E-state index contributed by atoms with van der Waals surface area (Å²) in [6, 6.07) is -0.0889. The molecule has 0 aliphatic rings. The fourth-order valence-corrected chi connectivity index (χ4v) is 1.39. The first-order valence-electron chi connectivity index (χ1n) is 6.57. The van der Waals surface area contributed by atoms with Crippen LogP contribution in [0.25, 0.3) is 0 Å². The molecule has 1 rings (SSSR count). The molecule has 19 heavy (non-hydrogen) atoms. The maximum Gasteiger partial charge on any atom is 0.317 e. The monoisotopic (exact) mass is 266 g/mol. The molecule has 1 aromatic heterocycles. The van der Waals surface area contributed by atoms with Gasteiger partial charge >= 0.3 is 6.03 Å². The molecule has 1 heterocycles. The predicted molar refractivity (Wildman–Crippen MR) is 76.9 cm³/mol. The van der Waals surface area contributed by atoms with Crippen molar-refractivity contribution in [3.05, 3.63) is 17.7 Å². The fraction of sp³-hybridized carbons (Fsp3) is 0.714. The van der Waals surface area contributed by atoms with E-state index >= 15 is 0 Å². The third-order valence-corrected chi connectivity index (χ3v) is 3.78. The lowest BCUT2D eigenvalue weighted by Crippen LogP contribution is -2.55. The van der Waals surface area contributed by atoms with Gasteiger partial charge < -0.3 is 15.2 Å². The second kappa shape index (κ2) is 5.23. The van der Waals surface area contributed by atoms with Gasteiger partial charge in [0.15, 0.2) is 0 Å². The molecule has 0 aromatic carbocycles. The second-order valence-electron chi connectivity index (χ2n) is 6.67. The lowest BCUT2D eigenvalue weighted by molar-refractivity contribution is 0.152. The number of aromatic nitrogens is 2. The van der Waals surface area contributed by atoms with Gasteiger partial charge in [0, 0.05) is 24.5 Å². The number of hydrogen-bond acceptors (Lipinski definition) is 2. The van der Waals surface area contributed by atoms with Gasteiger partial charge in [0.05, 0.1) is 6.54 Å². The van der Waals surface area contributed by atoms with Gasteiger partial charge in [-0.05, 0) is 26.2 Å². The van der Waals surface area contributed by atoms with Gasteiger partial charge in [0.2, 0.25) is 0 Å². The molecule has 5 nitrogen and oxygen atoms in total. The summed E-state index contributed by atoms with van der Waals surface area (Å²) in [5.41, 5.74) is 0.709. The molecule has 0 fully saturated rings. The third kappa shape index (κ3) is 3.98. The van der Waals surface area contributed by atoms with Crippen LogP contribution in [-0.4, -0.2) is 33.5 Å². The average molecular weight is 266 g/mol. The van der Waals surface area contributed by atoms with E-state index < -0.39 is 0 Å². The lowest BCUT2D eigenvalue weighted by Gasteiger charge is -2.40. The van der Waals surface area contributed by atoms with Crippen molar-refractivity contribution in [2.75, 3.05) is 7.05 Å². The van der Waals surface area contributed by atoms with Crippen LogP contribution in [-0.2, 0) is 6.54 Å². The number of aryl methyl sites for hydroxylation is 1. The Kier molecular flexibility index (Phi) is 4.28. The SMILES string of the molecule is Cc1cnc(CN(C)C(=O)NC(C)(C)C(C)(C)C)[nH]1. The molecule has 0 radical (unpaired) electrons. The lowest BCUT2D eigenvalue weighted by atomic mass is 9.76. The van der Waals surface area contributed by atoms with E-state index in [0.29, 0.717) is 6.54 Å². The fourth-order valence-electron chi connectivity index (χ4n) is 1.39. The van der Waals surface area contributed by atoms with Gasteiger partial charge in [-0.1, -0.05) is 20.8 Å². The summed E-state index contributed by atoms with van der Waals surface area (Å²) in [7, 11) is 1.77. The van der Waals surface area contributed by atoms with E-state index in [9.17, 15) is 4.79 Å². The van der Waals surface area contributed by atoms with Crippen molar-refractivity contribution in [1.82, 2.24) is 20.2 Å². The molecule has 108 valence electrons. The van der Waals surface area contributed by atoms with Crippen LogP contribution in [0.4, 0.5) is 4.79 Å². The summed E-state index contributed by atoms with van der Waals surface area (Å²) in [6.45, 7) is 12.8. The van der Waals surface area contributed by atoms with Crippen molar-refractivity contribution in [1.29, 1.82) is 0 Å². The molecule has 0 saturated heterocycles. The number of carbonyl (C=O) groups excluding carboxylic acids is 1. The molecule has 2 amide bonds. The van der Waals surface area contributed by atoms with Crippen molar-refractivity contribution in [2.45, 2.75) is 53.6 Å². The summed E-state index contributed by atoms with van der Waals surface area (Å²) in [5.74, 6) is 0.795. The van der Waals surface area contributed by atoms with Crippen LogP contribution in [0.5, 0.6) is 0 Å². The highest BCUT2D eigenvalue weighted by Gasteiger charge is 2.34. The Bertz CT molecular complexity index is 443. The number of H-pyrrole nitrogens is 1. The standard InChI is InChI=1S/C14H26N4O/c1-10-8-15-11(16-10)9-18(7)12(19)17-14(5,6)13(2,3)4/h8H,9H2,1-7H3,(H,15,16)(H,17,19). The molecular weight excluding hydrogens is 240 g/mol. The number of imidazole rings is 1. The van der Waals surface area contributed by atoms with Crippen molar-refractivity contribution < 1.29 is 4.79 Å². The van der Waals surface area contributed by atoms with E-state index in [-0.39, 0.29) is 17.0 Å². The Morgan fingerprint density at radius 2 is 1.95 bits per heavy atom. The molecule has 0 bridgehead atoms. The van der Waals surface area contributed by atoms with Crippen LogP contribution >= 0.6 is 0 Å². The minimum Gasteiger partial charge on any atom is -0.345 e. The first-order valence-corrected chi connectivity index (χ1v) is 6.57. The number of amides is 2. The number of rotatable bonds is 3. The van der Waals surface area contributed by atoms with E-state index in [1.165, 1.54) is 0 Å². The number of nitrogens with zero attached hydrogens (tertiary/aromatic N) is 2. The molecular formula is C14H26N4O. The van der Waals surface area contributed by atoms with Gasteiger partial charge in [-0.15, -0.1) is 0 Å². The second-order valence-corrected chi connectivity index (χ2v) is 6.67. The van der Waals surface area contributed by atoms with Gasteiger partial charge in [-0.3, -0.25) is 0 Å². The first-order chi connectivity index (χ1) is 8.53. The molecule has 0 aliphatic heterocycles. The van der Waals surface area contributed by atoms with Crippen LogP contribution in [0.15, 0.2) is 6.20 Å². The maximum atomic E-state index is 12.2. The first kappa shape index (κ1) is 15.5. The quantitative estimate of drug-likeness (QED) is 0.883. The molecule has 0 atom stereocenters. The Morgan fingerprint density at radius 1 is 1.37 bits per heavy atom. The van der Waals surface area contributed by atoms with E-state index in [1.807, 2.05) is 20.8 Å². The summed E-state index contributed by atoms with van der Waals surface area (Å²) >= 11 is 0. The van der Waals surface area contributed by atoms with Gasteiger partial charge in [0.1, 0.15) is 5.82 Å². The maximum absolute atomic E-state index is 12.2. The van der Waals surface area contributed by atoms with E-state index in [4.69, 9.17) is 0 Å². The molecule has 0 aliphatic carbocycles. The van der Waals surface area contributed by atoms with Crippen LogP contribution in [0, 0.1) is 12.3 Å². The summed E-state index contributed by atoms with van der Waals surface area (Å²) < 4.78 is 0. The zero-order valence-electron chi connectivity index (χ0n) is 13.1. The Balaban J connectivity index is 2.63. The molecule has 5 heteroatoms. The van der Waals surface area contributed by atoms with Crippen molar-refractivity contribution in [3.8, 4) is 0 Å². The van der Waals surface area contributed by atoms with E-state index in [0.717, 1.165) is 11.5 Å². The van der Waals surface area contributed by atoms with Crippen molar-refractivity contribution in [3.63, 3.8) is 0 Å². The average Bonchev–Trinajstić information content (AvgIpc) is 2.61. The smallest absolute Gasteiger partial charge is 0.317 e. The zero-order chi connectivity index (χ0) is 14.8. The van der Waals surface area contributed by atoms with E-state index in [2.05, 4.69) is 36.1 Å². The van der Waals surface area contributed by atoms with Gasteiger partial charge in [-0.25, -0.2) is 9.78 Å². The van der Waals surface area contributed by atoms with Crippen molar-refractivity contribution in [2.24, 2.45) is 5.41 Å². The Labute approximate surface area is 115 Å². The van der Waals surface area contributed by atoms with Crippen LogP contribution in [0.1, 0.15) is 46.1 Å². The normalized spacial score (nSPS) is 12.4. The number of aromatic amines is 1. The molecule has 2 N–H and O–H groups in total. The highest BCUT2D eigenvalue weighted by atomic mass is 16.2. The number of urea groups is 1. The summed E-state index contributed by atoms with van der Waals surface area (Å²) in [6.07, 6.45) is 1.76. The largest absolute Gasteiger partial charge is 0.345 e. The molecule has 0 spiro atoms. The Morgan fingerprint density at radius 3 is 2.37 bits per heavy atom. The van der Waals surface area contributed by atoms with Crippen LogP contribution < -0.4 is 5.32 Å². The number of nitrogens with one attached hydrogen (secondary N) is 2. The molecule has 1 aromatic rings. The predicted octanol–water partition coefficient (Wildman–Crippen LogP) is 2.68. The number of hydrogen-bond donors (Lipinski definition) is 2.